The standard InChI is InChI=1S/C13H18ClN3O3/c1-7(2)6-15-12(18)8(3)16-11-9(13(19)20)4-5-10(14)17-11/h4-5,7-8H,6H2,1-3H3,(H,15,18)(H,16,17)(H,19,20). The van der Waals surface area contributed by atoms with Gasteiger partial charge in [0.15, 0.2) is 0 Å². The molecule has 1 rings (SSSR count). The Kier molecular flexibility index (Phi) is 5.76. The molecule has 0 saturated heterocycles. The molecule has 110 valence electrons. The van der Waals surface area contributed by atoms with E-state index in [2.05, 4.69) is 15.6 Å². The summed E-state index contributed by atoms with van der Waals surface area (Å²) in [5, 5.41) is 14.7. The second-order valence-electron chi connectivity index (χ2n) is 4.84. The summed E-state index contributed by atoms with van der Waals surface area (Å²) in [5.74, 6) is -0.939. The van der Waals surface area contributed by atoms with Gasteiger partial charge in [-0.25, -0.2) is 9.78 Å². The summed E-state index contributed by atoms with van der Waals surface area (Å²) in [6.07, 6.45) is 0. The molecule has 1 heterocycles. The number of nitrogens with one attached hydrogen (secondary N) is 2. The average molecular weight is 300 g/mol. The van der Waals surface area contributed by atoms with E-state index in [1.54, 1.807) is 6.92 Å². The van der Waals surface area contributed by atoms with Gasteiger partial charge in [-0.3, -0.25) is 4.79 Å². The van der Waals surface area contributed by atoms with Gasteiger partial charge >= 0.3 is 5.97 Å². The Morgan fingerprint density at radius 1 is 1.35 bits per heavy atom. The minimum absolute atomic E-state index is 0.0297. The van der Waals surface area contributed by atoms with Gasteiger partial charge in [0.05, 0.1) is 0 Å². The number of carbonyl (C=O) groups is 2. The van der Waals surface area contributed by atoms with Gasteiger partial charge in [0.25, 0.3) is 0 Å². The molecular weight excluding hydrogens is 282 g/mol. The summed E-state index contributed by atoms with van der Waals surface area (Å²) in [4.78, 5) is 26.8. The number of carbonyl (C=O) groups excluding carboxylic acids is 1. The van der Waals surface area contributed by atoms with E-state index in [1.165, 1.54) is 12.1 Å². The van der Waals surface area contributed by atoms with Gasteiger partial charge in [0.2, 0.25) is 5.91 Å². The minimum Gasteiger partial charge on any atom is -0.478 e. The van der Waals surface area contributed by atoms with Crippen molar-refractivity contribution in [3.05, 3.63) is 22.8 Å². The number of halogens is 1. The number of carboxylic acid groups (broad SMARTS) is 1. The number of hydrogen-bond donors (Lipinski definition) is 3. The topological polar surface area (TPSA) is 91.3 Å². The van der Waals surface area contributed by atoms with Gasteiger partial charge < -0.3 is 15.7 Å². The lowest BCUT2D eigenvalue weighted by molar-refractivity contribution is -0.121. The lowest BCUT2D eigenvalue weighted by Gasteiger charge is -2.16. The Morgan fingerprint density at radius 2 is 2.00 bits per heavy atom. The molecule has 0 aromatic carbocycles. The lowest BCUT2D eigenvalue weighted by Crippen LogP contribution is -2.39. The number of rotatable bonds is 6. The smallest absolute Gasteiger partial charge is 0.339 e. The molecule has 0 saturated carbocycles. The molecule has 20 heavy (non-hydrogen) atoms. The van der Waals surface area contributed by atoms with E-state index in [1.807, 2.05) is 13.8 Å². The highest BCUT2D eigenvalue weighted by Gasteiger charge is 2.18. The van der Waals surface area contributed by atoms with Gasteiger partial charge in [0, 0.05) is 6.54 Å². The SMILES string of the molecule is CC(C)CNC(=O)C(C)Nc1nc(Cl)ccc1C(=O)O. The van der Waals surface area contributed by atoms with Crippen molar-refractivity contribution in [2.45, 2.75) is 26.8 Å². The van der Waals surface area contributed by atoms with Crippen LogP contribution in [0.2, 0.25) is 5.15 Å². The molecule has 1 amide bonds. The van der Waals surface area contributed by atoms with Crippen LogP contribution in [0.5, 0.6) is 0 Å². The number of amides is 1. The zero-order chi connectivity index (χ0) is 15.3. The zero-order valence-corrected chi connectivity index (χ0v) is 12.4. The molecule has 1 atom stereocenters. The molecule has 6 nitrogen and oxygen atoms in total. The fraction of sp³-hybridized carbons (Fsp3) is 0.462. The van der Waals surface area contributed by atoms with Crippen LogP contribution in [-0.2, 0) is 4.79 Å². The predicted molar refractivity (Wildman–Crippen MR) is 77.1 cm³/mol. The number of anilines is 1. The second kappa shape index (κ2) is 7.09. The average Bonchev–Trinajstić information content (AvgIpc) is 2.35. The number of aromatic carboxylic acids is 1. The largest absolute Gasteiger partial charge is 0.478 e. The van der Waals surface area contributed by atoms with Crippen molar-refractivity contribution in [2.24, 2.45) is 5.92 Å². The Hall–Kier alpha value is -1.82. The number of hydrogen-bond acceptors (Lipinski definition) is 4. The molecule has 0 fully saturated rings. The maximum Gasteiger partial charge on any atom is 0.339 e. The van der Waals surface area contributed by atoms with Gasteiger partial charge in [-0.1, -0.05) is 25.4 Å². The number of aromatic nitrogens is 1. The van der Waals surface area contributed by atoms with Crippen LogP contribution in [0.1, 0.15) is 31.1 Å². The molecule has 0 aliphatic carbocycles. The van der Waals surface area contributed by atoms with Crippen molar-refractivity contribution >= 4 is 29.3 Å². The van der Waals surface area contributed by atoms with E-state index in [4.69, 9.17) is 16.7 Å². The van der Waals surface area contributed by atoms with Crippen LogP contribution >= 0.6 is 11.6 Å². The maximum atomic E-state index is 11.8. The van der Waals surface area contributed by atoms with E-state index in [0.717, 1.165) is 0 Å². The van der Waals surface area contributed by atoms with Crippen molar-refractivity contribution in [3.63, 3.8) is 0 Å². The van der Waals surface area contributed by atoms with Crippen LogP contribution in [-0.4, -0.2) is 34.6 Å². The normalized spacial score (nSPS) is 12.1. The van der Waals surface area contributed by atoms with Crippen molar-refractivity contribution in [1.29, 1.82) is 0 Å². The number of pyridine rings is 1. The molecule has 1 aromatic heterocycles. The zero-order valence-electron chi connectivity index (χ0n) is 11.6. The van der Waals surface area contributed by atoms with Crippen LogP contribution in [0.25, 0.3) is 0 Å². The van der Waals surface area contributed by atoms with Crippen LogP contribution in [0.15, 0.2) is 12.1 Å². The molecule has 3 N–H and O–H groups in total. The van der Waals surface area contributed by atoms with E-state index < -0.39 is 12.0 Å². The quantitative estimate of drug-likeness (QED) is 0.699. The monoisotopic (exact) mass is 299 g/mol. The third kappa shape index (κ3) is 4.70. The van der Waals surface area contributed by atoms with Crippen molar-refractivity contribution in [3.8, 4) is 0 Å². The maximum absolute atomic E-state index is 11.8. The molecule has 0 radical (unpaired) electrons. The second-order valence-corrected chi connectivity index (χ2v) is 5.23. The molecule has 1 aromatic rings. The molecule has 0 aliphatic rings. The van der Waals surface area contributed by atoms with E-state index >= 15 is 0 Å². The first-order chi connectivity index (χ1) is 9.31. The summed E-state index contributed by atoms with van der Waals surface area (Å²) in [7, 11) is 0. The van der Waals surface area contributed by atoms with Gasteiger partial charge in [0.1, 0.15) is 22.6 Å². The summed E-state index contributed by atoms with van der Waals surface area (Å²) >= 11 is 5.74. The predicted octanol–water partition coefficient (Wildman–Crippen LogP) is 2.01. The molecular formula is C13H18ClN3O3. The lowest BCUT2D eigenvalue weighted by atomic mass is 10.2. The third-order valence-electron chi connectivity index (χ3n) is 2.52. The van der Waals surface area contributed by atoms with Crippen LogP contribution in [0.3, 0.4) is 0 Å². The number of carboxylic acids is 1. The first-order valence-electron chi connectivity index (χ1n) is 6.25. The molecule has 7 heteroatoms. The highest BCUT2D eigenvalue weighted by molar-refractivity contribution is 6.29. The fourth-order valence-corrected chi connectivity index (χ4v) is 1.59. The molecule has 0 spiro atoms. The molecule has 0 bridgehead atoms. The van der Waals surface area contributed by atoms with E-state index in [0.29, 0.717) is 12.5 Å². The number of nitrogens with zero attached hydrogens (tertiary/aromatic N) is 1. The highest BCUT2D eigenvalue weighted by Crippen LogP contribution is 2.17. The van der Waals surface area contributed by atoms with Gasteiger partial charge in [-0.05, 0) is 25.0 Å². The van der Waals surface area contributed by atoms with Crippen LogP contribution in [0.4, 0.5) is 5.82 Å². The van der Waals surface area contributed by atoms with Crippen molar-refractivity contribution in [2.75, 3.05) is 11.9 Å². The van der Waals surface area contributed by atoms with E-state index in [-0.39, 0.29) is 22.4 Å². The third-order valence-corrected chi connectivity index (χ3v) is 2.73. The Bertz CT molecular complexity index is 506. The first kappa shape index (κ1) is 16.2. The van der Waals surface area contributed by atoms with Crippen LogP contribution in [0, 0.1) is 5.92 Å². The Morgan fingerprint density at radius 3 is 2.55 bits per heavy atom. The van der Waals surface area contributed by atoms with Crippen molar-refractivity contribution in [1.82, 2.24) is 10.3 Å². The Labute approximate surface area is 122 Å². The first-order valence-corrected chi connectivity index (χ1v) is 6.63. The van der Waals surface area contributed by atoms with E-state index in [9.17, 15) is 9.59 Å². The summed E-state index contributed by atoms with van der Waals surface area (Å²) in [6, 6.07) is 2.12. The van der Waals surface area contributed by atoms with Crippen molar-refractivity contribution < 1.29 is 14.7 Å². The summed E-state index contributed by atoms with van der Waals surface area (Å²) in [6.45, 7) is 6.16. The van der Waals surface area contributed by atoms with Gasteiger partial charge in [-0.15, -0.1) is 0 Å². The molecule has 1 unspecified atom stereocenters. The Balaban J connectivity index is 2.79. The van der Waals surface area contributed by atoms with Crippen LogP contribution < -0.4 is 10.6 Å². The minimum atomic E-state index is -1.13. The fourth-order valence-electron chi connectivity index (χ4n) is 1.45. The summed E-state index contributed by atoms with van der Waals surface area (Å²) in [5.41, 5.74) is -0.0297. The summed E-state index contributed by atoms with van der Waals surface area (Å²) < 4.78 is 0. The highest BCUT2D eigenvalue weighted by atomic mass is 35.5. The van der Waals surface area contributed by atoms with Gasteiger partial charge in [-0.2, -0.15) is 0 Å². The molecule has 0 aliphatic heterocycles.